The number of hydrogen-bond acceptors (Lipinski definition) is 2. The minimum Gasteiger partial charge on any atom is -0.342 e. The highest BCUT2D eigenvalue weighted by atomic mass is 16.2. The van der Waals surface area contributed by atoms with Crippen LogP contribution in [0.25, 0.3) is 11.3 Å². The maximum atomic E-state index is 12.2. The van der Waals surface area contributed by atoms with Crippen molar-refractivity contribution in [3.05, 3.63) is 41.6 Å². The van der Waals surface area contributed by atoms with Gasteiger partial charge in [0.25, 0.3) is 0 Å². The highest BCUT2D eigenvalue weighted by Crippen LogP contribution is 2.32. The molecule has 0 atom stereocenters. The van der Waals surface area contributed by atoms with E-state index in [9.17, 15) is 4.79 Å². The van der Waals surface area contributed by atoms with Crippen molar-refractivity contribution in [1.82, 2.24) is 15.1 Å². The largest absolute Gasteiger partial charge is 0.342 e. The predicted molar refractivity (Wildman–Crippen MR) is 80.7 cm³/mol. The summed E-state index contributed by atoms with van der Waals surface area (Å²) in [5.41, 5.74) is 4.68. The van der Waals surface area contributed by atoms with Crippen molar-refractivity contribution >= 4 is 5.91 Å². The van der Waals surface area contributed by atoms with Gasteiger partial charge in [-0.2, -0.15) is 5.10 Å². The van der Waals surface area contributed by atoms with Crippen LogP contribution < -0.4 is 0 Å². The summed E-state index contributed by atoms with van der Waals surface area (Å²) >= 11 is 0. The van der Waals surface area contributed by atoms with E-state index >= 15 is 0 Å². The van der Waals surface area contributed by atoms with Gasteiger partial charge >= 0.3 is 0 Å². The molecular weight excluding hydrogens is 262 g/mol. The predicted octanol–water partition coefficient (Wildman–Crippen LogP) is 2.41. The van der Waals surface area contributed by atoms with E-state index in [0.717, 1.165) is 50.0 Å². The van der Waals surface area contributed by atoms with E-state index in [1.807, 2.05) is 23.1 Å². The first-order valence-electron chi connectivity index (χ1n) is 7.73. The molecule has 2 aliphatic rings. The molecule has 4 heteroatoms. The van der Waals surface area contributed by atoms with Crippen LogP contribution in [0.1, 0.15) is 24.1 Å². The van der Waals surface area contributed by atoms with E-state index < -0.39 is 0 Å². The summed E-state index contributed by atoms with van der Waals surface area (Å²) in [5.74, 6) is 0.669. The van der Waals surface area contributed by atoms with E-state index in [4.69, 9.17) is 0 Å². The third-order valence-electron chi connectivity index (χ3n) is 4.50. The minimum atomic E-state index is 0.313. The van der Waals surface area contributed by atoms with E-state index in [1.54, 1.807) is 0 Å². The van der Waals surface area contributed by atoms with Crippen LogP contribution >= 0.6 is 0 Å². The molecule has 0 spiro atoms. The number of benzene rings is 1. The van der Waals surface area contributed by atoms with Gasteiger partial charge in [0.05, 0.1) is 5.69 Å². The Morgan fingerprint density at radius 2 is 1.90 bits per heavy atom. The van der Waals surface area contributed by atoms with Crippen LogP contribution in [0, 0.1) is 5.92 Å². The molecule has 0 bridgehead atoms. The van der Waals surface area contributed by atoms with Crippen LogP contribution in [0.4, 0.5) is 0 Å². The minimum absolute atomic E-state index is 0.313. The van der Waals surface area contributed by atoms with Gasteiger partial charge in [0.2, 0.25) is 5.91 Å². The lowest BCUT2D eigenvalue weighted by molar-refractivity contribution is -0.132. The normalized spacial score (nSPS) is 18.2. The van der Waals surface area contributed by atoms with Crippen LogP contribution in [-0.4, -0.2) is 34.1 Å². The Morgan fingerprint density at radius 3 is 2.67 bits per heavy atom. The lowest BCUT2D eigenvalue weighted by atomic mass is 10.0. The molecule has 4 rings (SSSR count). The molecule has 0 radical (unpaired) electrons. The Kier molecular flexibility index (Phi) is 3.02. The van der Waals surface area contributed by atoms with Gasteiger partial charge < -0.3 is 4.90 Å². The van der Waals surface area contributed by atoms with E-state index in [-0.39, 0.29) is 0 Å². The second kappa shape index (κ2) is 5.02. The van der Waals surface area contributed by atoms with Gasteiger partial charge in [-0.25, -0.2) is 0 Å². The number of amides is 1. The molecule has 1 amide bonds. The molecule has 1 aliphatic carbocycles. The Morgan fingerprint density at radius 1 is 1.14 bits per heavy atom. The van der Waals surface area contributed by atoms with Crippen molar-refractivity contribution < 1.29 is 4.79 Å². The zero-order chi connectivity index (χ0) is 14.2. The van der Waals surface area contributed by atoms with Gasteiger partial charge in [0.15, 0.2) is 0 Å². The molecular formula is C17H19N3O. The average molecular weight is 281 g/mol. The molecule has 1 aliphatic heterocycles. The summed E-state index contributed by atoms with van der Waals surface area (Å²) in [6.45, 7) is 1.64. The summed E-state index contributed by atoms with van der Waals surface area (Å²) < 4.78 is 0. The summed E-state index contributed by atoms with van der Waals surface area (Å²) in [5, 5.41) is 7.68. The number of aromatic nitrogens is 2. The van der Waals surface area contributed by atoms with Gasteiger partial charge in [0, 0.05) is 42.2 Å². The number of carbonyl (C=O) groups is 1. The van der Waals surface area contributed by atoms with E-state index in [1.165, 1.54) is 11.3 Å². The molecule has 4 nitrogen and oxygen atoms in total. The number of H-pyrrole nitrogens is 1. The number of nitrogens with zero attached hydrogens (tertiary/aromatic N) is 2. The number of hydrogen-bond donors (Lipinski definition) is 1. The van der Waals surface area contributed by atoms with Crippen LogP contribution in [0.3, 0.4) is 0 Å². The van der Waals surface area contributed by atoms with Crippen molar-refractivity contribution in [3.63, 3.8) is 0 Å². The number of aromatic amines is 1. The molecule has 1 N–H and O–H groups in total. The smallest absolute Gasteiger partial charge is 0.225 e. The standard InChI is InChI=1S/C17H19N3O/c21-17(13-6-7-13)20-10-8-14-15(9-11-20)18-19-16(14)12-4-2-1-3-5-12/h1-5,13H,6-11H2,(H,18,19). The van der Waals surface area contributed by atoms with Crippen molar-refractivity contribution in [3.8, 4) is 11.3 Å². The zero-order valence-corrected chi connectivity index (χ0v) is 12.0. The summed E-state index contributed by atoms with van der Waals surface area (Å²) in [6, 6.07) is 10.3. The summed E-state index contributed by atoms with van der Waals surface area (Å²) in [6.07, 6.45) is 3.94. The second-order valence-electron chi connectivity index (χ2n) is 5.99. The lowest BCUT2D eigenvalue weighted by Gasteiger charge is -2.20. The van der Waals surface area contributed by atoms with Gasteiger partial charge in [-0.15, -0.1) is 0 Å². The Hall–Kier alpha value is -2.10. The van der Waals surface area contributed by atoms with Crippen molar-refractivity contribution in [2.75, 3.05) is 13.1 Å². The fourth-order valence-corrected chi connectivity index (χ4v) is 3.13. The molecule has 1 fully saturated rings. The van der Waals surface area contributed by atoms with E-state index in [2.05, 4.69) is 22.3 Å². The molecule has 108 valence electrons. The highest BCUT2D eigenvalue weighted by Gasteiger charge is 2.34. The number of rotatable bonds is 2. The quantitative estimate of drug-likeness (QED) is 0.919. The van der Waals surface area contributed by atoms with E-state index in [0.29, 0.717) is 11.8 Å². The first-order valence-corrected chi connectivity index (χ1v) is 7.73. The van der Waals surface area contributed by atoms with Gasteiger partial charge in [-0.05, 0) is 19.3 Å². The van der Waals surface area contributed by atoms with Crippen LogP contribution in [0.15, 0.2) is 30.3 Å². The Bertz CT molecular complexity index is 658. The van der Waals surface area contributed by atoms with Crippen LogP contribution in [0.2, 0.25) is 0 Å². The summed E-state index contributed by atoms with van der Waals surface area (Å²) in [4.78, 5) is 14.3. The zero-order valence-electron chi connectivity index (χ0n) is 12.0. The first-order chi connectivity index (χ1) is 10.3. The van der Waals surface area contributed by atoms with Crippen molar-refractivity contribution in [2.45, 2.75) is 25.7 Å². The Labute approximate surface area is 124 Å². The lowest BCUT2D eigenvalue weighted by Crippen LogP contribution is -2.34. The maximum absolute atomic E-state index is 12.2. The number of nitrogens with one attached hydrogen (secondary N) is 1. The molecule has 21 heavy (non-hydrogen) atoms. The van der Waals surface area contributed by atoms with Crippen molar-refractivity contribution in [1.29, 1.82) is 0 Å². The third-order valence-corrected chi connectivity index (χ3v) is 4.50. The maximum Gasteiger partial charge on any atom is 0.225 e. The first kappa shape index (κ1) is 12.6. The van der Waals surface area contributed by atoms with Gasteiger partial charge in [-0.3, -0.25) is 9.89 Å². The highest BCUT2D eigenvalue weighted by molar-refractivity contribution is 5.81. The second-order valence-corrected chi connectivity index (χ2v) is 5.99. The van der Waals surface area contributed by atoms with Crippen LogP contribution in [0.5, 0.6) is 0 Å². The molecule has 2 aromatic rings. The number of carbonyl (C=O) groups excluding carboxylic acids is 1. The fourth-order valence-electron chi connectivity index (χ4n) is 3.13. The molecule has 1 saturated carbocycles. The monoisotopic (exact) mass is 281 g/mol. The van der Waals surface area contributed by atoms with Crippen LogP contribution in [-0.2, 0) is 17.6 Å². The van der Waals surface area contributed by atoms with Gasteiger partial charge in [-0.1, -0.05) is 30.3 Å². The molecule has 2 heterocycles. The molecule has 1 aromatic heterocycles. The van der Waals surface area contributed by atoms with Gasteiger partial charge in [0.1, 0.15) is 0 Å². The number of fused-ring (bicyclic) bond motifs is 1. The third kappa shape index (κ3) is 2.35. The summed E-state index contributed by atoms with van der Waals surface area (Å²) in [7, 11) is 0. The Balaban J connectivity index is 1.59. The SMILES string of the molecule is O=C(C1CC1)N1CCc2[nH]nc(-c3ccccc3)c2CC1. The molecule has 0 unspecified atom stereocenters. The topological polar surface area (TPSA) is 49.0 Å². The molecule has 0 saturated heterocycles. The van der Waals surface area contributed by atoms with Crippen molar-refractivity contribution in [2.24, 2.45) is 5.92 Å². The average Bonchev–Trinajstić information content (AvgIpc) is 3.32. The molecule has 1 aromatic carbocycles. The fraction of sp³-hybridized carbons (Fsp3) is 0.412.